The van der Waals surface area contributed by atoms with E-state index in [1.54, 1.807) is 18.2 Å². The Morgan fingerprint density at radius 3 is 2.72 bits per heavy atom. The zero-order chi connectivity index (χ0) is 12.9. The molecule has 18 heavy (non-hydrogen) atoms. The Bertz CT molecular complexity index is 668. The van der Waals surface area contributed by atoms with E-state index in [4.69, 9.17) is 11.6 Å². The van der Waals surface area contributed by atoms with Crippen molar-refractivity contribution in [2.75, 3.05) is 0 Å². The molecule has 1 aliphatic carbocycles. The monoisotopic (exact) mass is 325 g/mol. The van der Waals surface area contributed by atoms with Crippen molar-refractivity contribution in [3.8, 4) is 0 Å². The molecule has 0 spiro atoms. The zero-order valence-corrected chi connectivity index (χ0v) is 11.6. The standard InChI is InChI=1S/C13H9BrClNO2/c14-10-4-7(15)3-8-9(13(17)18)5-11(6-1-2-6)16-12(8)10/h3-6H,1-2H2,(H,17,18). The largest absolute Gasteiger partial charge is 0.478 e. The van der Waals surface area contributed by atoms with Crippen LogP contribution in [0.15, 0.2) is 22.7 Å². The first-order valence-electron chi connectivity index (χ1n) is 5.59. The summed E-state index contributed by atoms with van der Waals surface area (Å²) in [7, 11) is 0. The van der Waals surface area contributed by atoms with Crippen LogP contribution >= 0.6 is 27.5 Å². The second kappa shape index (κ2) is 4.21. The maximum Gasteiger partial charge on any atom is 0.336 e. The molecule has 1 aromatic heterocycles. The molecule has 5 heteroatoms. The van der Waals surface area contributed by atoms with Gasteiger partial charge in [0.2, 0.25) is 0 Å². The van der Waals surface area contributed by atoms with E-state index < -0.39 is 5.97 Å². The van der Waals surface area contributed by atoms with Gasteiger partial charge in [0.25, 0.3) is 0 Å². The fourth-order valence-corrected chi connectivity index (χ4v) is 2.94. The predicted octanol–water partition coefficient (Wildman–Crippen LogP) is 4.23. The lowest BCUT2D eigenvalue weighted by atomic mass is 10.1. The molecule has 0 bridgehead atoms. The number of carboxylic acid groups (broad SMARTS) is 1. The molecule has 1 fully saturated rings. The van der Waals surface area contributed by atoms with Crippen molar-refractivity contribution in [2.45, 2.75) is 18.8 Å². The SMILES string of the molecule is O=C(O)c1cc(C2CC2)nc2c(Br)cc(Cl)cc12. The topological polar surface area (TPSA) is 50.2 Å². The second-order valence-corrected chi connectivity index (χ2v) is 5.75. The fraction of sp³-hybridized carbons (Fsp3) is 0.231. The molecule has 0 unspecified atom stereocenters. The molecular formula is C13H9BrClNO2. The van der Waals surface area contributed by atoms with E-state index in [-0.39, 0.29) is 5.56 Å². The van der Waals surface area contributed by atoms with E-state index in [0.717, 1.165) is 23.0 Å². The number of hydrogen-bond acceptors (Lipinski definition) is 2. The van der Waals surface area contributed by atoms with Crippen molar-refractivity contribution in [1.82, 2.24) is 4.98 Å². The smallest absolute Gasteiger partial charge is 0.336 e. The summed E-state index contributed by atoms with van der Waals surface area (Å²) in [6.07, 6.45) is 2.17. The molecule has 3 rings (SSSR count). The Kier molecular flexibility index (Phi) is 2.79. The van der Waals surface area contributed by atoms with Gasteiger partial charge in [-0.15, -0.1) is 0 Å². The zero-order valence-electron chi connectivity index (χ0n) is 9.28. The van der Waals surface area contributed by atoms with E-state index in [1.165, 1.54) is 0 Å². The van der Waals surface area contributed by atoms with Crippen LogP contribution in [-0.2, 0) is 0 Å². The molecule has 1 N–H and O–H groups in total. The van der Waals surface area contributed by atoms with Crippen molar-refractivity contribution >= 4 is 44.4 Å². The summed E-state index contributed by atoms with van der Waals surface area (Å²) in [6, 6.07) is 5.05. The Morgan fingerprint density at radius 2 is 2.11 bits per heavy atom. The quantitative estimate of drug-likeness (QED) is 0.898. The van der Waals surface area contributed by atoms with Gasteiger partial charge in [-0.2, -0.15) is 0 Å². The lowest BCUT2D eigenvalue weighted by Crippen LogP contribution is -2.02. The van der Waals surface area contributed by atoms with Crippen molar-refractivity contribution in [2.24, 2.45) is 0 Å². The van der Waals surface area contributed by atoms with Gasteiger partial charge in [-0.1, -0.05) is 11.6 Å². The molecule has 3 nitrogen and oxygen atoms in total. The fourth-order valence-electron chi connectivity index (χ4n) is 2.04. The minimum atomic E-state index is -0.946. The molecule has 0 atom stereocenters. The van der Waals surface area contributed by atoms with Crippen LogP contribution in [0.5, 0.6) is 0 Å². The molecule has 0 aliphatic heterocycles. The summed E-state index contributed by atoms with van der Waals surface area (Å²) < 4.78 is 0.731. The molecule has 1 heterocycles. The first kappa shape index (κ1) is 11.9. The van der Waals surface area contributed by atoms with Crippen LogP contribution in [-0.4, -0.2) is 16.1 Å². The normalized spacial score (nSPS) is 15.0. The number of carboxylic acids is 1. The number of aromatic carboxylic acids is 1. The van der Waals surface area contributed by atoms with Gasteiger partial charge in [0.15, 0.2) is 0 Å². The number of carbonyl (C=O) groups is 1. The van der Waals surface area contributed by atoms with E-state index in [9.17, 15) is 9.90 Å². The molecule has 0 radical (unpaired) electrons. The summed E-state index contributed by atoms with van der Waals surface area (Å²) >= 11 is 9.36. The molecular weight excluding hydrogens is 318 g/mol. The molecule has 1 aromatic carbocycles. The lowest BCUT2D eigenvalue weighted by molar-refractivity contribution is 0.0699. The highest BCUT2D eigenvalue weighted by Gasteiger charge is 2.27. The Hall–Kier alpha value is -1.13. The van der Waals surface area contributed by atoms with Gasteiger partial charge >= 0.3 is 5.97 Å². The summed E-state index contributed by atoms with van der Waals surface area (Å²) in [6.45, 7) is 0. The number of pyridine rings is 1. The van der Waals surface area contributed by atoms with Gasteiger partial charge < -0.3 is 5.11 Å². The number of rotatable bonds is 2. The van der Waals surface area contributed by atoms with E-state index >= 15 is 0 Å². The number of hydrogen-bond donors (Lipinski definition) is 1. The average Bonchev–Trinajstić information content (AvgIpc) is 3.11. The van der Waals surface area contributed by atoms with Crippen molar-refractivity contribution in [3.05, 3.63) is 39.0 Å². The molecule has 92 valence electrons. The summed E-state index contributed by atoms with van der Waals surface area (Å²) in [4.78, 5) is 15.9. The average molecular weight is 327 g/mol. The van der Waals surface area contributed by atoms with Gasteiger partial charge in [-0.05, 0) is 47.0 Å². The van der Waals surface area contributed by atoms with Crippen molar-refractivity contribution < 1.29 is 9.90 Å². The number of benzene rings is 1. The number of aromatic nitrogens is 1. The lowest BCUT2D eigenvalue weighted by Gasteiger charge is -2.08. The highest BCUT2D eigenvalue weighted by Crippen LogP contribution is 2.41. The summed E-state index contributed by atoms with van der Waals surface area (Å²) in [5.74, 6) is -0.534. The third-order valence-electron chi connectivity index (χ3n) is 3.08. The number of fused-ring (bicyclic) bond motifs is 1. The van der Waals surface area contributed by atoms with Gasteiger partial charge in [-0.3, -0.25) is 4.98 Å². The molecule has 1 saturated carbocycles. The Balaban J connectivity index is 2.37. The van der Waals surface area contributed by atoms with Crippen LogP contribution in [0.4, 0.5) is 0 Å². The first-order chi connectivity index (χ1) is 8.56. The molecule has 0 saturated heterocycles. The van der Waals surface area contributed by atoms with Crippen molar-refractivity contribution in [3.63, 3.8) is 0 Å². The van der Waals surface area contributed by atoms with Crippen LogP contribution in [0.1, 0.15) is 34.8 Å². The maximum absolute atomic E-state index is 11.3. The second-order valence-electron chi connectivity index (χ2n) is 4.46. The molecule has 0 amide bonds. The number of nitrogens with zero attached hydrogens (tertiary/aromatic N) is 1. The van der Waals surface area contributed by atoms with Gasteiger partial charge in [0, 0.05) is 26.5 Å². The van der Waals surface area contributed by atoms with E-state index in [2.05, 4.69) is 20.9 Å². The highest BCUT2D eigenvalue weighted by atomic mass is 79.9. The Morgan fingerprint density at radius 1 is 1.39 bits per heavy atom. The molecule has 2 aromatic rings. The van der Waals surface area contributed by atoms with Crippen LogP contribution in [0.25, 0.3) is 10.9 Å². The Labute approximate surface area is 117 Å². The maximum atomic E-state index is 11.3. The van der Waals surface area contributed by atoms with Gasteiger partial charge in [-0.25, -0.2) is 4.79 Å². The van der Waals surface area contributed by atoms with Crippen LogP contribution in [0, 0.1) is 0 Å². The minimum Gasteiger partial charge on any atom is -0.478 e. The third kappa shape index (κ3) is 1.99. The van der Waals surface area contributed by atoms with Crippen LogP contribution < -0.4 is 0 Å². The molecule has 1 aliphatic rings. The van der Waals surface area contributed by atoms with Gasteiger partial charge in [0.1, 0.15) is 0 Å². The van der Waals surface area contributed by atoms with Crippen LogP contribution in [0.2, 0.25) is 5.02 Å². The van der Waals surface area contributed by atoms with E-state index in [1.807, 2.05) is 0 Å². The minimum absolute atomic E-state index is 0.269. The third-order valence-corrected chi connectivity index (χ3v) is 3.90. The number of halogens is 2. The van der Waals surface area contributed by atoms with Crippen molar-refractivity contribution in [1.29, 1.82) is 0 Å². The highest BCUT2D eigenvalue weighted by molar-refractivity contribution is 9.10. The van der Waals surface area contributed by atoms with Gasteiger partial charge in [0.05, 0.1) is 11.1 Å². The summed E-state index contributed by atoms with van der Waals surface area (Å²) in [5.41, 5.74) is 1.80. The predicted molar refractivity (Wildman–Crippen MR) is 73.4 cm³/mol. The first-order valence-corrected chi connectivity index (χ1v) is 6.76. The summed E-state index contributed by atoms with van der Waals surface area (Å²) in [5, 5.41) is 10.4. The van der Waals surface area contributed by atoms with Crippen LogP contribution in [0.3, 0.4) is 0 Å². The van der Waals surface area contributed by atoms with E-state index in [0.29, 0.717) is 21.8 Å².